The maximum Gasteiger partial charge on any atom is 0.313 e. The van der Waals surface area contributed by atoms with Crippen LogP contribution in [0.2, 0.25) is 5.02 Å². The highest BCUT2D eigenvalue weighted by atomic mass is 35.5. The van der Waals surface area contributed by atoms with E-state index in [-0.39, 0.29) is 0 Å². The van der Waals surface area contributed by atoms with Crippen LogP contribution in [0.25, 0.3) is 0 Å². The number of likely N-dealkylation sites (tertiary alicyclic amines) is 1. The Hall–Kier alpha value is -1.59. The molecule has 0 radical (unpaired) electrons. The van der Waals surface area contributed by atoms with Gasteiger partial charge in [0.05, 0.1) is 0 Å². The van der Waals surface area contributed by atoms with Crippen LogP contribution in [-0.2, 0) is 9.59 Å². The molecule has 0 aliphatic carbocycles. The van der Waals surface area contributed by atoms with Crippen molar-refractivity contribution in [1.82, 2.24) is 10.2 Å². The third-order valence-electron chi connectivity index (χ3n) is 4.04. The summed E-state index contributed by atoms with van der Waals surface area (Å²) in [6.07, 6.45) is 2.20. The first kappa shape index (κ1) is 16.8. The van der Waals surface area contributed by atoms with Crippen LogP contribution in [-0.4, -0.2) is 42.4 Å². The van der Waals surface area contributed by atoms with Gasteiger partial charge in [-0.15, -0.1) is 0 Å². The Morgan fingerprint density at radius 2 is 2.14 bits per heavy atom. The van der Waals surface area contributed by atoms with E-state index in [1.54, 1.807) is 18.2 Å². The van der Waals surface area contributed by atoms with Gasteiger partial charge in [0.25, 0.3) is 0 Å². The van der Waals surface area contributed by atoms with E-state index in [4.69, 9.17) is 11.6 Å². The minimum Gasteiger partial charge on any atom is -0.346 e. The third kappa shape index (κ3) is 4.21. The number of hydrogen-bond acceptors (Lipinski definition) is 3. The van der Waals surface area contributed by atoms with Gasteiger partial charge in [-0.05, 0) is 50.6 Å². The smallest absolute Gasteiger partial charge is 0.313 e. The average molecular weight is 324 g/mol. The zero-order chi connectivity index (χ0) is 16.1. The van der Waals surface area contributed by atoms with Crippen LogP contribution in [0.1, 0.15) is 25.3 Å². The molecule has 1 aromatic rings. The summed E-state index contributed by atoms with van der Waals surface area (Å²) in [5.74, 6) is -1.28. The number of benzene rings is 1. The Labute approximate surface area is 136 Å². The maximum atomic E-state index is 11.9. The molecule has 1 atom stereocenters. The maximum absolute atomic E-state index is 11.9. The molecule has 1 heterocycles. The van der Waals surface area contributed by atoms with E-state index in [0.29, 0.717) is 23.3 Å². The molecule has 1 fully saturated rings. The van der Waals surface area contributed by atoms with Crippen molar-refractivity contribution < 1.29 is 9.59 Å². The van der Waals surface area contributed by atoms with Crippen molar-refractivity contribution in [2.24, 2.45) is 0 Å². The van der Waals surface area contributed by atoms with Gasteiger partial charge in [-0.25, -0.2) is 0 Å². The van der Waals surface area contributed by atoms with Crippen molar-refractivity contribution in [3.05, 3.63) is 28.8 Å². The predicted molar refractivity (Wildman–Crippen MR) is 88.1 cm³/mol. The molecule has 0 unspecified atom stereocenters. The molecule has 120 valence electrons. The van der Waals surface area contributed by atoms with E-state index in [1.807, 2.05) is 6.92 Å². The van der Waals surface area contributed by atoms with Crippen molar-refractivity contribution in [2.75, 3.05) is 25.0 Å². The molecule has 0 saturated carbocycles. The first-order valence-corrected chi connectivity index (χ1v) is 7.98. The summed E-state index contributed by atoms with van der Waals surface area (Å²) in [6, 6.07) is 5.49. The molecule has 22 heavy (non-hydrogen) atoms. The number of aryl methyl sites for hydroxylation is 1. The van der Waals surface area contributed by atoms with Crippen molar-refractivity contribution in [1.29, 1.82) is 0 Å². The first-order valence-electron chi connectivity index (χ1n) is 7.60. The van der Waals surface area contributed by atoms with Gasteiger partial charge < -0.3 is 10.6 Å². The Morgan fingerprint density at radius 1 is 1.36 bits per heavy atom. The van der Waals surface area contributed by atoms with Crippen molar-refractivity contribution in [3.8, 4) is 0 Å². The number of rotatable bonds is 4. The lowest BCUT2D eigenvalue weighted by Crippen LogP contribution is -2.43. The van der Waals surface area contributed by atoms with E-state index < -0.39 is 11.8 Å². The number of anilines is 1. The summed E-state index contributed by atoms with van der Waals surface area (Å²) in [4.78, 5) is 26.1. The largest absolute Gasteiger partial charge is 0.346 e. The molecular formula is C16H22ClN3O2. The summed E-state index contributed by atoms with van der Waals surface area (Å²) in [5, 5.41) is 5.83. The molecule has 1 aliphatic heterocycles. The number of hydrogen-bond donors (Lipinski definition) is 2. The molecule has 0 bridgehead atoms. The quantitative estimate of drug-likeness (QED) is 0.835. The number of amides is 2. The molecule has 0 aromatic heterocycles. The van der Waals surface area contributed by atoms with E-state index in [0.717, 1.165) is 31.5 Å². The van der Waals surface area contributed by atoms with Gasteiger partial charge in [0.2, 0.25) is 0 Å². The number of carbonyl (C=O) groups excluding carboxylic acids is 2. The fourth-order valence-corrected chi connectivity index (χ4v) is 2.87. The van der Waals surface area contributed by atoms with Gasteiger partial charge in [-0.2, -0.15) is 0 Å². The first-order chi connectivity index (χ1) is 10.5. The molecule has 0 spiro atoms. The number of nitrogens with zero attached hydrogens (tertiary/aromatic N) is 1. The standard InChI is InChI=1S/C16H22ClN3O2/c1-3-20-8-4-5-13(20)10-18-15(21)16(22)19-12-7-6-11(2)14(17)9-12/h6-7,9,13H,3-5,8,10H2,1-2H3,(H,18,21)(H,19,22)/t13-/m0/s1. The van der Waals surface area contributed by atoms with Crippen molar-refractivity contribution in [3.63, 3.8) is 0 Å². The second-order valence-electron chi connectivity index (χ2n) is 5.55. The van der Waals surface area contributed by atoms with Crippen LogP contribution < -0.4 is 10.6 Å². The highest BCUT2D eigenvalue weighted by molar-refractivity contribution is 6.39. The summed E-state index contributed by atoms with van der Waals surface area (Å²) < 4.78 is 0. The normalized spacial score (nSPS) is 18.2. The molecular weight excluding hydrogens is 302 g/mol. The number of likely N-dealkylation sites (N-methyl/N-ethyl adjacent to an activating group) is 1. The Kier molecular flexibility index (Phi) is 5.80. The van der Waals surface area contributed by atoms with Crippen LogP contribution >= 0.6 is 11.6 Å². The predicted octanol–water partition coefficient (Wildman–Crippen LogP) is 2.19. The average Bonchev–Trinajstić information content (AvgIpc) is 2.96. The van der Waals surface area contributed by atoms with E-state index >= 15 is 0 Å². The fraction of sp³-hybridized carbons (Fsp3) is 0.500. The SMILES string of the molecule is CCN1CCC[C@H]1CNC(=O)C(=O)Nc1ccc(C)c(Cl)c1. The van der Waals surface area contributed by atoms with Gasteiger partial charge >= 0.3 is 11.8 Å². The topological polar surface area (TPSA) is 61.4 Å². The van der Waals surface area contributed by atoms with Gasteiger partial charge in [0.1, 0.15) is 0 Å². The fourth-order valence-electron chi connectivity index (χ4n) is 2.69. The summed E-state index contributed by atoms with van der Waals surface area (Å²) >= 11 is 6.00. The Bertz CT molecular complexity index is 562. The molecule has 1 aromatic carbocycles. The summed E-state index contributed by atoms with van der Waals surface area (Å²) in [7, 11) is 0. The zero-order valence-electron chi connectivity index (χ0n) is 13.0. The molecule has 2 rings (SSSR count). The van der Waals surface area contributed by atoms with E-state index in [1.165, 1.54) is 0 Å². The molecule has 6 heteroatoms. The highest BCUT2D eigenvalue weighted by Crippen LogP contribution is 2.20. The third-order valence-corrected chi connectivity index (χ3v) is 4.45. The van der Waals surface area contributed by atoms with Gasteiger partial charge in [-0.1, -0.05) is 24.6 Å². The minimum atomic E-state index is -0.666. The number of carbonyl (C=O) groups is 2. The molecule has 5 nitrogen and oxygen atoms in total. The molecule has 2 amide bonds. The molecule has 1 saturated heterocycles. The van der Waals surface area contributed by atoms with Gasteiger partial charge in [0, 0.05) is 23.3 Å². The molecule has 1 aliphatic rings. The molecule has 2 N–H and O–H groups in total. The van der Waals surface area contributed by atoms with Gasteiger partial charge in [0.15, 0.2) is 0 Å². The van der Waals surface area contributed by atoms with E-state index in [9.17, 15) is 9.59 Å². The monoisotopic (exact) mass is 323 g/mol. The highest BCUT2D eigenvalue weighted by Gasteiger charge is 2.24. The number of nitrogens with one attached hydrogen (secondary N) is 2. The van der Waals surface area contributed by atoms with Crippen molar-refractivity contribution >= 4 is 29.1 Å². The summed E-state index contributed by atoms with van der Waals surface area (Å²) in [5.41, 5.74) is 1.44. The minimum absolute atomic E-state index is 0.329. The zero-order valence-corrected chi connectivity index (χ0v) is 13.7. The van der Waals surface area contributed by atoms with E-state index in [2.05, 4.69) is 22.5 Å². The van der Waals surface area contributed by atoms with Crippen LogP contribution in [0.15, 0.2) is 18.2 Å². The second kappa shape index (κ2) is 7.61. The van der Waals surface area contributed by atoms with Crippen LogP contribution in [0.3, 0.4) is 0 Å². The second-order valence-corrected chi connectivity index (χ2v) is 5.96. The van der Waals surface area contributed by atoms with Gasteiger partial charge in [-0.3, -0.25) is 14.5 Å². The Morgan fingerprint density at radius 3 is 2.82 bits per heavy atom. The Balaban J connectivity index is 1.84. The summed E-state index contributed by atoms with van der Waals surface area (Å²) in [6.45, 7) is 6.52. The van der Waals surface area contributed by atoms with Crippen LogP contribution in [0, 0.1) is 6.92 Å². The lowest BCUT2D eigenvalue weighted by molar-refractivity contribution is -0.136. The lowest BCUT2D eigenvalue weighted by Gasteiger charge is -2.22. The van der Waals surface area contributed by atoms with Crippen LogP contribution in [0.4, 0.5) is 5.69 Å². The van der Waals surface area contributed by atoms with Crippen molar-refractivity contribution in [2.45, 2.75) is 32.7 Å². The number of halogens is 1. The van der Waals surface area contributed by atoms with Crippen LogP contribution in [0.5, 0.6) is 0 Å². The lowest BCUT2D eigenvalue weighted by atomic mass is 10.2.